The monoisotopic (exact) mass is 289 g/mol. The lowest BCUT2D eigenvalue weighted by atomic mass is 9.79. The zero-order valence-corrected chi connectivity index (χ0v) is 14.4. The van der Waals surface area contributed by atoms with Gasteiger partial charge in [0, 0.05) is 12.0 Å². The van der Waals surface area contributed by atoms with Crippen LogP contribution in [0.1, 0.15) is 56.8 Å². The first-order valence-electron chi connectivity index (χ1n) is 8.41. The first-order valence-corrected chi connectivity index (χ1v) is 8.41. The Morgan fingerprint density at radius 3 is 2.43 bits per heavy atom. The van der Waals surface area contributed by atoms with E-state index in [9.17, 15) is 0 Å². The maximum absolute atomic E-state index is 6.10. The molecule has 1 saturated heterocycles. The summed E-state index contributed by atoms with van der Waals surface area (Å²) in [5, 5.41) is 3.80. The average Bonchev–Trinajstić information content (AvgIpc) is 2.69. The molecule has 0 amide bonds. The zero-order valence-electron chi connectivity index (χ0n) is 14.4. The van der Waals surface area contributed by atoms with Crippen LogP contribution in [0.2, 0.25) is 0 Å². The van der Waals surface area contributed by atoms with E-state index in [2.05, 4.69) is 65.1 Å². The van der Waals surface area contributed by atoms with E-state index in [1.54, 1.807) is 0 Å². The van der Waals surface area contributed by atoms with Crippen molar-refractivity contribution < 1.29 is 4.74 Å². The Morgan fingerprint density at radius 1 is 1.14 bits per heavy atom. The van der Waals surface area contributed by atoms with E-state index < -0.39 is 0 Å². The predicted molar refractivity (Wildman–Crippen MR) is 89.6 cm³/mol. The summed E-state index contributed by atoms with van der Waals surface area (Å²) >= 11 is 0. The average molecular weight is 289 g/mol. The molecule has 1 aromatic carbocycles. The first kappa shape index (κ1) is 16.5. The molecule has 1 N–H and O–H groups in total. The van der Waals surface area contributed by atoms with Crippen LogP contribution >= 0.6 is 0 Å². The van der Waals surface area contributed by atoms with E-state index in [0.29, 0.717) is 30.1 Å². The summed E-state index contributed by atoms with van der Waals surface area (Å²) in [7, 11) is 0. The molecule has 21 heavy (non-hydrogen) atoms. The Morgan fingerprint density at radius 2 is 1.86 bits per heavy atom. The number of benzene rings is 1. The largest absolute Gasteiger partial charge is 0.375 e. The molecule has 0 spiro atoms. The van der Waals surface area contributed by atoms with Crippen LogP contribution in [0, 0.1) is 25.7 Å². The van der Waals surface area contributed by atoms with Crippen LogP contribution in [-0.4, -0.2) is 18.8 Å². The third kappa shape index (κ3) is 3.49. The molecule has 0 saturated carbocycles. The number of rotatable bonds is 5. The molecule has 5 unspecified atom stereocenters. The van der Waals surface area contributed by atoms with Gasteiger partial charge in [0.25, 0.3) is 0 Å². The summed E-state index contributed by atoms with van der Waals surface area (Å²) < 4.78 is 6.10. The van der Waals surface area contributed by atoms with Crippen LogP contribution in [-0.2, 0) is 4.74 Å². The Labute approximate surface area is 130 Å². The van der Waals surface area contributed by atoms with Crippen LogP contribution in [0.4, 0.5) is 0 Å². The maximum atomic E-state index is 6.10. The Kier molecular flexibility index (Phi) is 5.45. The van der Waals surface area contributed by atoms with Crippen molar-refractivity contribution in [2.75, 3.05) is 6.54 Å². The van der Waals surface area contributed by atoms with Gasteiger partial charge < -0.3 is 10.1 Å². The normalized spacial score (nSPS) is 30.6. The van der Waals surface area contributed by atoms with Gasteiger partial charge in [0.1, 0.15) is 0 Å². The van der Waals surface area contributed by atoms with Gasteiger partial charge in [0.2, 0.25) is 0 Å². The number of hydrogen-bond acceptors (Lipinski definition) is 2. The third-order valence-corrected chi connectivity index (χ3v) is 5.09. The molecule has 0 radical (unpaired) electrons. The van der Waals surface area contributed by atoms with Crippen LogP contribution < -0.4 is 5.32 Å². The highest BCUT2D eigenvalue weighted by Crippen LogP contribution is 2.41. The predicted octanol–water partition coefficient (Wildman–Crippen LogP) is 4.40. The van der Waals surface area contributed by atoms with Gasteiger partial charge >= 0.3 is 0 Å². The molecular formula is C19H31NO. The van der Waals surface area contributed by atoms with Crippen molar-refractivity contribution in [1.29, 1.82) is 0 Å². The minimum absolute atomic E-state index is 0.310. The molecule has 0 aromatic heterocycles. The van der Waals surface area contributed by atoms with Crippen molar-refractivity contribution in [2.45, 2.75) is 66.2 Å². The van der Waals surface area contributed by atoms with Gasteiger partial charge in [0.15, 0.2) is 0 Å². The van der Waals surface area contributed by atoms with E-state index in [-0.39, 0.29) is 0 Å². The summed E-state index contributed by atoms with van der Waals surface area (Å²) in [5.41, 5.74) is 4.17. The van der Waals surface area contributed by atoms with E-state index in [4.69, 9.17) is 4.74 Å². The Bertz CT molecular complexity index is 471. The highest BCUT2D eigenvalue weighted by atomic mass is 16.5. The summed E-state index contributed by atoms with van der Waals surface area (Å²) in [6.45, 7) is 14.5. The molecule has 2 rings (SSSR count). The number of ether oxygens (including phenoxy) is 1. The summed E-state index contributed by atoms with van der Waals surface area (Å²) in [5.74, 6) is 1.11. The van der Waals surface area contributed by atoms with Crippen LogP contribution in [0.3, 0.4) is 0 Å². The van der Waals surface area contributed by atoms with E-state index in [1.807, 2.05) is 0 Å². The van der Waals surface area contributed by atoms with Gasteiger partial charge in [0.05, 0.1) is 12.2 Å². The summed E-state index contributed by atoms with van der Waals surface area (Å²) in [6.07, 6.45) is 1.82. The molecule has 1 fully saturated rings. The van der Waals surface area contributed by atoms with Gasteiger partial charge in [-0.05, 0) is 57.7 Å². The second-order valence-corrected chi connectivity index (χ2v) is 6.77. The molecule has 118 valence electrons. The fraction of sp³-hybridized carbons (Fsp3) is 0.684. The lowest BCUT2D eigenvalue weighted by Gasteiger charge is -2.31. The topological polar surface area (TPSA) is 21.3 Å². The van der Waals surface area contributed by atoms with Crippen molar-refractivity contribution in [1.82, 2.24) is 5.32 Å². The Hall–Kier alpha value is -0.860. The van der Waals surface area contributed by atoms with Gasteiger partial charge in [-0.3, -0.25) is 0 Å². The molecule has 1 aromatic rings. The van der Waals surface area contributed by atoms with Crippen molar-refractivity contribution in [2.24, 2.45) is 11.8 Å². The standard InChI is InChI=1S/C19H31NO/c1-7-10-20-19(17-11-12(2)8-9-13(17)3)18-14(4)15(5)21-16(18)6/h8-9,11,14-16,18-20H,7,10H2,1-6H3. The second-order valence-electron chi connectivity index (χ2n) is 6.77. The van der Waals surface area contributed by atoms with Crippen molar-refractivity contribution in [3.05, 3.63) is 34.9 Å². The maximum Gasteiger partial charge on any atom is 0.0600 e. The first-order chi connectivity index (χ1) is 9.95. The van der Waals surface area contributed by atoms with Crippen molar-refractivity contribution >= 4 is 0 Å². The van der Waals surface area contributed by atoms with Crippen LogP contribution in [0.15, 0.2) is 18.2 Å². The van der Waals surface area contributed by atoms with Gasteiger partial charge in [-0.1, -0.05) is 37.6 Å². The van der Waals surface area contributed by atoms with E-state index >= 15 is 0 Å². The minimum Gasteiger partial charge on any atom is -0.375 e. The molecule has 2 heteroatoms. The second kappa shape index (κ2) is 6.93. The number of hydrogen-bond donors (Lipinski definition) is 1. The Balaban J connectivity index is 2.36. The molecular weight excluding hydrogens is 258 g/mol. The molecule has 5 atom stereocenters. The lowest BCUT2D eigenvalue weighted by molar-refractivity contribution is 0.0475. The highest BCUT2D eigenvalue weighted by Gasteiger charge is 2.42. The molecule has 1 heterocycles. The third-order valence-electron chi connectivity index (χ3n) is 5.09. The van der Waals surface area contributed by atoms with Gasteiger partial charge in [-0.15, -0.1) is 0 Å². The highest BCUT2D eigenvalue weighted by molar-refractivity contribution is 5.34. The molecule has 0 aliphatic carbocycles. The summed E-state index contributed by atoms with van der Waals surface area (Å²) in [4.78, 5) is 0. The molecule has 0 bridgehead atoms. The van der Waals surface area contributed by atoms with Crippen molar-refractivity contribution in [3.63, 3.8) is 0 Å². The van der Waals surface area contributed by atoms with E-state index in [1.165, 1.54) is 16.7 Å². The fourth-order valence-corrected chi connectivity index (χ4v) is 3.72. The molecule has 1 aliphatic heterocycles. The van der Waals surface area contributed by atoms with Crippen LogP contribution in [0.5, 0.6) is 0 Å². The smallest absolute Gasteiger partial charge is 0.0600 e. The molecule has 2 nitrogen and oxygen atoms in total. The van der Waals surface area contributed by atoms with Gasteiger partial charge in [-0.2, -0.15) is 0 Å². The van der Waals surface area contributed by atoms with Crippen LogP contribution in [0.25, 0.3) is 0 Å². The minimum atomic E-state index is 0.310. The summed E-state index contributed by atoms with van der Waals surface area (Å²) in [6, 6.07) is 7.20. The zero-order chi connectivity index (χ0) is 15.6. The van der Waals surface area contributed by atoms with Gasteiger partial charge in [-0.25, -0.2) is 0 Å². The SMILES string of the molecule is CCCNC(c1cc(C)ccc1C)C1C(C)OC(C)C1C. The fourth-order valence-electron chi connectivity index (χ4n) is 3.72. The van der Waals surface area contributed by atoms with E-state index in [0.717, 1.165) is 13.0 Å². The number of aryl methyl sites for hydroxylation is 2. The molecule has 1 aliphatic rings. The lowest BCUT2D eigenvalue weighted by Crippen LogP contribution is -2.36. The quantitative estimate of drug-likeness (QED) is 0.867. The van der Waals surface area contributed by atoms with Crippen molar-refractivity contribution in [3.8, 4) is 0 Å². The number of nitrogens with one attached hydrogen (secondary N) is 1.